The maximum Gasteiger partial charge on any atom is 0.306 e. The minimum atomic E-state index is -0.781. The van der Waals surface area contributed by atoms with Crippen LogP contribution in [0.15, 0.2) is 97.2 Å². The lowest BCUT2D eigenvalue weighted by molar-refractivity contribution is -0.167. The summed E-state index contributed by atoms with van der Waals surface area (Å²) in [4.78, 5) is 38.4. The van der Waals surface area contributed by atoms with Crippen molar-refractivity contribution in [3.63, 3.8) is 0 Å². The average Bonchev–Trinajstić information content (AvgIpc) is 3.49. The first-order valence-corrected chi connectivity index (χ1v) is 35.7. The molecule has 0 saturated heterocycles. The summed E-state index contributed by atoms with van der Waals surface area (Å²) in [6.07, 6.45) is 95.7. The Morgan fingerprint density at radius 2 is 0.470 bits per heavy atom. The van der Waals surface area contributed by atoms with Crippen LogP contribution in [0.3, 0.4) is 0 Å². The molecule has 0 N–H and O–H groups in total. The van der Waals surface area contributed by atoms with Crippen molar-refractivity contribution in [1.29, 1.82) is 0 Å². The highest BCUT2D eigenvalue weighted by Crippen LogP contribution is 2.17. The molecular weight excluding hydrogens is 1020 g/mol. The van der Waals surface area contributed by atoms with Crippen LogP contribution < -0.4 is 0 Å². The molecule has 0 fully saturated rings. The van der Waals surface area contributed by atoms with Gasteiger partial charge in [-0.15, -0.1) is 0 Å². The van der Waals surface area contributed by atoms with Gasteiger partial charge in [0.2, 0.25) is 0 Å². The second-order valence-corrected chi connectivity index (χ2v) is 23.8. The third kappa shape index (κ3) is 69.0. The highest BCUT2D eigenvalue weighted by Gasteiger charge is 2.19. The molecule has 0 spiro atoms. The molecule has 0 rings (SSSR count). The Morgan fingerprint density at radius 3 is 0.747 bits per heavy atom. The van der Waals surface area contributed by atoms with Crippen molar-refractivity contribution in [3.8, 4) is 0 Å². The van der Waals surface area contributed by atoms with Crippen molar-refractivity contribution < 1.29 is 28.6 Å². The number of carbonyl (C=O) groups is 3. The highest BCUT2D eigenvalue weighted by atomic mass is 16.6. The largest absolute Gasteiger partial charge is 0.462 e. The van der Waals surface area contributed by atoms with E-state index in [9.17, 15) is 14.4 Å². The van der Waals surface area contributed by atoms with E-state index in [0.29, 0.717) is 19.3 Å². The molecule has 0 aliphatic heterocycles. The van der Waals surface area contributed by atoms with Crippen molar-refractivity contribution in [2.45, 2.75) is 361 Å². The molecule has 6 heteroatoms. The fourth-order valence-electron chi connectivity index (χ4n) is 10.2. The number of rotatable bonds is 65. The normalized spacial score (nSPS) is 12.7. The van der Waals surface area contributed by atoms with Gasteiger partial charge >= 0.3 is 17.9 Å². The number of hydrogen-bond donors (Lipinski definition) is 0. The van der Waals surface area contributed by atoms with E-state index >= 15 is 0 Å². The van der Waals surface area contributed by atoms with Crippen molar-refractivity contribution >= 4 is 17.9 Å². The minimum absolute atomic E-state index is 0.0757. The van der Waals surface area contributed by atoms with E-state index < -0.39 is 6.10 Å². The molecular formula is C77H134O6. The monoisotopic (exact) mass is 1160 g/mol. The fraction of sp³-hybridized carbons (Fsp3) is 0.753. The summed E-state index contributed by atoms with van der Waals surface area (Å²) in [6.45, 7) is 6.56. The van der Waals surface area contributed by atoms with Crippen LogP contribution in [-0.4, -0.2) is 37.2 Å². The Kier molecular flexibility index (Phi) is 67.7. The lowest BCUT2D eigenvalue weighted by Crippen LogP contribution is -2.30. The van der Waals surface area contributed by atoms with E-state index in [1.54, 1.807) is 0 Å². The molecule has 0 amide bonds. The molecule has 83 heavy (non-hydrogen) atoms. The van der Waals surface area contributed by atoms with Gasteiger partial charge in [-0.1, -0.05) is 330 Å². The molecule has 1 unspecified atom stereocenters. The number of carbonyl (C=O) groups excluding carboxylic acids is 3. The first-order chi connectivity index (χ1) is 41.0. The first-order valence-electron chi connectivity index (χ1n) is 35.7. The average molecular weight is 1160 g/mol. The van der Waals surface area contributed by atoms with Crippen molar-refractivity contribution in [3.05, 3.63) is 97.2 Å². The van der Waals surface area contributed by atoms with E-state index in [2.05, 4.69) is 118 Å². The molecule has 478 valence electrons. The maximum absolute atomic E-state index is 13.0. The second kappa shape index (κ2) is 70.8. The van der Waals surface area contributed by atoms with Gasteiger partial charge in [0.25, 0.3) is 0 Å². The molecule has 0 saturated carbocycles. The molecule has 0 bridgehead atoms. The quantitative estimate of drug-likeness (QED) is 0.0261. The van der Waals surface area contributed by atoms with E-state index in [1.807, 2.05) is 0 Å². The molecule has 6 nitrogen and oxygen atoms in total. The number of ether oxygens (including phenoxy) is 3. The molecule has 0 heterocycles. The lowest BCUT2D eigenvalue weighted by atomic mass is 10.0. The SMILES string of the molecule is CC/C=C\C/C=C\C/C=C\C/C=C\C/C=C\C/C=C\C/C=C\CCCCCCCCCCCC(=O)OCC(COC(=O)CCCCCCCCCCCCCCC)OC(=O)CCCCCCCCCCC/C=C\CCCCCCCCCC. The van der Waals surface area contributed by atoms with Crippen LogP contribution >= 0.6 is 0 Å². The molecule has 0 aromatic carbocycles. The topological polar surface area (TPSA) is 78.9 Å². The van der Waals surface area contributed by atoms with Crippen LogP contribution in [0.1, 0.15) is 355 Å². The number of unbranched alkanes of at least 4 members (excludes halogenated alkanes) is 38. The number of esters is 3. The molecule has 0 radical (unpaired) electrons. The summed E-state index contributed by atoms with van der Waals surface area (Å²) in [7, 11) is 0. The summed E-state index contributed by atoms with van der Waals surface area (Å²) in [6, 6.07) is 0. The predicted octanol–water partition coefficient (Wildman–Crippen LogP) is 24.8. The van der Waals surface area contributed by atoms with Gasteiger partial charge < -0.3 is 14.2 Å². The molecule has 0 aliphatic carbocycles. The third-order valence-corrected chi connectivity index (χ3v) is 15.6. The Balaban J connectivity index is 4.28. The van der Waals surface area contributed by atoms with E-state index in [4.69, 9.17) is 14.2 Å². The van der Waals surface area contributed by atoms with E-state index in [1.165, 1.54) is 205 Å². The van der Waals surface area contributed by atoms with Gasteiger partial charge in [0.05, 0.1) is 0 Å². The zero-order chi connectivity index (χ0) is 59.9. The standard InChI is InChI=1S/C77H134O6/c1-4-7-10-13-16-19-22-25-27-29-31-33-34-35-36-37-38-39-40-41-42-44-45-47-49-52-55-58-61-64-67-70-76(79)82-73-74(72-81-75(78)69-66-63-60-57-54-51-24-21-18-15-12-9-6-3)83-77(80)71-68-65-62-59-56-53-50-48-46-43-32-30-28-26-23-20-17-14-11-8-5-2/h7,10,16,19,25,27,30-33,35-36,38-39,41-42,74H,4-6,8-9,11-15,17-18,20-24,26,28-29,34,37,40,43-73H2,1-3H3/b10-7-,19-16-,27-25-,32-30-,33-31-,36-35-,39-38-,42-41-. The van der Waals surface area contributed by atoms with Crippen LogP contribution in [-0.2, 0) is 28.6 Å². The minimum Gasteiger partial charge on any atom is -0.462 e. The van der Waals surface area contributed by atoms with Gasteiger partial charge in [-0.2, -0.15) is 0 Å². The van der Waals surface area contributed by atoms with Crippen LogP contribution in [0.5, 0.6) is 0 Å². The van der Waals surface area contributed by atoms with Gasteiger partial charge in [-0.3, -0.25) is 14.4 Å². The smallest absolute Gasteiger partial charge is 0.306 e. The van der Waals surface area contributed by atoms with Gasteiger partial charge in [0.1, 0.15) is 13.2 Å². The third-order valence-electron chi connectivity index (χ3n) is 15.6. The number of hydrogen-bond acceptors (Lipinski definition) is 6. The van der Waals surface area contributed by atoms with Crippen LogP contribution in [0.4, 0.5) is 0 Å². The Hall–Kier alpha value is -3.67. The van der Waals surface area contributed by atoms with Crippen molar-refractivity contribution in [2.75, 3.05) is 13.2 Å². The van der Waals surface area contributed by atoms with Gasteiger partial charge in [0.15, 0.2) is 6.10 Å². The second-order valence-electron chi connectivity index (χ2n) is 23.8. The predicted molar refractivity (Wildman–Crippen MR) is 362 cm³/mol. The molecule has 0 aliphatic rings. The summed E-state index contributed by atoms with van der Waals surface area (Å²) in [5, 5.41) is 0. The summed E-state index contributed by atoms with van der Waals surface area (Å²) >= 11 is 0. The van der Waals surface area contributed by atoms with Crippen LogP contribution in [0, 0.1) is 0 Å². The molecule has 1 atom stereocenters. The maximum atomic E-state index is 13.0. The molecule has 0 aromatic heterocycles. The fourth-order valence-corrected chi connectivity index (χ4v) is 10.2. The summed E-state index contributed by atoms with van der Waals surface area (Å²) < 4.78 is 17.0. The van der Waals surface area contributed by atoms with Crippen molar-refractivity contribution in [2.24, 2.45) is 0 Å². The lowest BCUT2D eigenvalue weighted by Gasteiger charge is -2.18. The Morgan fingerprint density at radius 1 is 0.253 bits per heavy atom. The van der Waals surface area contributed by atoms with Crippen molar-refractivity contribution in [1.82, 2.24) is 0 Å². The number of allylic oxidation sites excluding steroid dienone is 16. The van der Waals surface area contributed by atoms with Gasteiger partial charge in [-0.25, -0.2) is 0 Å². The van der Waals surface area contributed by atoms with E-state index in [-0.39, 0.29) is 31.1 Å². The summed E-state index contributed by atoms with van der Waals surface area (Å²) in [5.74, 6) is -0.867. The van der Waals surface area contributed by atoms with E-state index in [0.717, 1.165) is 109 Å². The van der Waals surface area contributed by atoms with Crippen LogP contribution in [0.2, 0.25) is 0 Å². The Bertz CT molecular complexity index is 1610. The molecule has 0 aromatic rings. The Labute approximate surface area is 515 Å². The zero-order valence-electron chi connectivity index (χ0n) is 54.9. The van der Waals surface area contributed by atoms with Gasteiger partial charge in [0, 0.05) is 19.3 Å². The van der Waals surface area contributed by atoms with Crippen LogP contribution in [0.25, 0.3) is 0 Å². The zero-order valence-corrected chi connectivity index (χ0v) is 54.9. The highest BCUT2D eigenvalue weighted by molar-refractivity contribution is 5.71. The van der Waals surface area contributed by atoms with Gasteiger partial charge in [-0.05, 0) is 103 Å². The summed E-state index contributed by atoms with van der Waals surface area (Å²) in [5.41, 5.74) is 0. The first kappa shape index (κ1) is 79.3.